The van der Waals surface area contributed by atoms with E-state index < -0.39 is 5.97 Å². The van der Waals surface area contributed by atoms with Gasteiger partial charge in [-0.05, 0) is 43.6 Å². The van der Waals surface area contributed by atoms with Gasteiger partial charge in [0, 0.05) is 6.04 Å². The number of carboxylic acids is 1. The minimum Gasteiger partial charge on any atom is -0.478 e. The van der Waals surface area contributed by atoms with Crippen LogP contribution in [0.15, 0.2) is 12.3 Å². The molecule has 1 heterocycles. The lowest BCUT2D eigenvalue weighted by Gasteiger charge is -2.18. The summed E-state index contributed by atoms with van der Waals surface area (Å²) in [5.74, 6) is 1.10. The molecule has 3 rings (SSSR count). The Kier molecular flexibility index (Phi) is 2.61. The minimum absolute atomic E-state index is 0.123. The Morgan fingerprint density at radius 2 is 2.00 bits per heavy atom. The normalized spacial score (nSPS) is 18.9. The van der Waals surface area contributed by atoms with Crippen molar-refractivity contribution in [1.82, 2.24) is 4.98 Å². The fraction of sp³-hybridized carbons (Fsp3) is 0.538. The highest BCUT2D eigenvalue weighted by atomic mass is 16.4. The van der Waals surface area contributed by atoms with Gasteiger partial charge in [0.2, 0.25) is 0 Å². The Hall–Kier alpha value is -1.78. The highest BCUT2D eigenvalue weighted by Crippen LogP contribution is 2.45. The van der Waals surface area contributed by atoms with Crippen LogP contribution >= 0.6 is 0 Å². The maximum absolute atomic E-state index is 11.0. The van der Waals surface area contributed by atoms with E-state index in [1.54, 1.807) is 0 Å². The second-order valence-electron chi connectivity index (χ2n) is 5.31. The van der Waals surface area contributed by atoms with Gasteiger partial charge in [-0.25, -0.2) is 9.78 Å². The van der Waals surface area contributed by atoms with Gasteiger partial charge in [0.15, 0.2) is 0 Å². The van der Waals surface area contributed by atoms with Crippen molar-refractivity contribution >= 4 is 17.5 Å². The molecule has 2 saturated carbocycles. The molecular formula is C13H17N3O2. The van der Waals surface area contributed by atoms with Gasteiger partial charge in [-0.15, -0.1) is 0 Å². The van der Waals surface area contributed by atoms with Crippen LogP contribution in [0.4, 0.5) is 11.5 Å². The molecule has 0 spiro atoms. The molecule has 0 radical (unpaired) electrons. The van der Waals surface area contributed by atoms with E-state index in [4.69, 9.17) is 10.8 Å². The first-order valence-corrected chi connectivity index (χ1v) is 6.40. The van der Waals surface area contributed by atoms with Crippen LogP contribution in [0.3, 0.4) is 0 Å². The summed E-state index contributed by atoms with van der Waals surface area (Å²) in [5.41, 5.74) is 5.93. The monoisotopic (exact) mass is 247 g/mol. The predicted molar refractivity (Wildman–Crippen MR) is 68.5 cm³/mol. The van der Waals surface area contributed by atoms with Gasteiger partial charge in [0.05, 0.1) is 17.4 Å². The molecule has 2 fully saturated rings. The number of hydrogen-bond acceptors (Lipinski definition) is 4. The number of nitrogens with one attached hydrogen (secondary N) is 1. The molecule has 5 heteroatoms. The van der Waals surface area contributed by atoms with Crippen LogP contribution < -0.4 is 11.1 Å². The van der Waals surface area contributed by atoms with Gasteiger partial charge in [-0.2, -0.15) is 0 Å². The first kappa shape index (κ1) is 11.3. The molecule has 4 N–H and O–H groups in total. The SMILES string of the molecule is Nc1cnc(NC(C2CC2)C2CC2)cc1C(=O)O. The van der Waals surface area contributed by atoms with Crippen LogP contribution in [0.25, 0.3) is 0 Å². The van der Waals surface area contributed by atoms with Crippen molar-refractivity contribution in [1.29, 1.82) is 0 Å². The number of nitrogens with zero attached hydrogens (tertiary/aromatic N) is 1. The lowest BCUT2D eigenvalue weighted by molar-refractivity contribution is 0.0698. The van der Waals surface area contributed by atoms with Gasteiger partial charge in [-0.3, -0.25) is 0 Å². The largest absolute Gasteiger partial charge is 0.478 e. The van der Waals surface area contributed by atoms with E-state index in [0.29, 0.717) is 11.9 Å². The minimum atomic E-state index is -1.01. The van der Waals surface area contributed by atoms with Crippen molar-refractivity contribution in [3.63, 3.8) is 0 Å². The van der Waals surface area contributed by atoms with E-state index in [1.165, 1.54) is 37.9 Å². The number of aromatic carboxylic acids is 1. The molecule has 1 aromatic rings. The molecule has 2 aliphatic carbocycles. The molecule has 0 bridgehead atoms. The maximum Gasteiger partial charge on any atom is 0.337 e. The number of hydrogen-bond donors (Lipinski definition) is 3. The molecule has 0 aliphatic heterocycles. The standard InChI is InChI=1S/C13H17N3O2/c14-10-6-15-11(5-9(10)13(17)18)16-12(7-1-2-7)8-3-4-8/h5-8,12H,1-4,14H2,(H,15,16)(H,17,18). The molecule has 0 atom stereocenters. The van der Waals surface area contributed by atoms with Crippen LogP contribution in [-0.2, 0) is 0 Å². The highest BCUT2D eigenvalue weighted by molar-refractivity contribution is 5.94. The second-order valence-corrected chi connectivity index (χ2v) is 5.31. The lowest BCUT2D eigenvalue weighted by Crippen LogP contribution is -2.25. The Morgan fingerprint density at radius 3 is 2.50 bits per heavy atom. The fourth-order valence-electron chi connectivity index (χ4n) is 2.43. The number of carbonyl (C=O) groups is 1. The van der Waals surface area contributed by atoms with E-state index in [-0.39, 0.29) is 11.3 Å². The van der Waals surface area contributed by atoms with E-state index in [9.17, 15) is 4.79 Å². The topological polar surface area (TPSA) is 88.2 Å². The van der Waals surface area contributed by atoms with Crippen LogP contribution in [0.1, 0.15) is 36.0 Å². The average molecular weight is 247 g/mol. The van der Waals surface area contributed by atoms with Gasteiger partial charge in [0.25, 0.3) is 0 Å². The number of nitrogens with two attached hydrogens (primary N) is 1. The molecule has 1 aromatic heterocycles. The number of anilines is 2. The van der Waals surface area contributed by atoms with Crippen LogP contribution in [-0.4, -0.2) is 22.1 Å². The zero-order valence-electron chi connectivity index (χ0n) is 10.1. The molecule has 96 valence electrons. The molecule has 0 saturated heterocycles. The van der Waals surface area contributed by atoms with Crippen LogP contribution in [0.5, 0.6) is 0 Å². The third-order valence-corrected chi connectivity index (χ3v) is 3.74. The molecule has 0 unspecified atom stereocenters. The zero-order chi connectivity index (χ0) is 12.7. The van der Waals surface area contributed by atoms with Crippen molar-refractivity contribution in [2.45, 2.75) is 31.7 Å². The summed E-state index contributed by atoms with van der Waals surface area (Å²) < 4.78 is 0. The third-order valence-electron chi connectivity index (χ3n) is 3.74. The summed E-state index contributed by atoms with van der Waals surface area (Å²) in [7, 11) is 0. The summed E-state index contributed by atoms with van der Waals surface area (Å²) >= 11 is 0. The Morgan fingerprint density at radius 1 is 1.39 bits per heavy atom. The molecule has 18 heavy (non-hydrogen) atoms. The van der Waals surface area contributed by atoms with E-state index in [2.05, 4.69) is 10.3 Å². The summed E-state index contributed by atoms with van der Waals surface area (Å²) in [6.45, 7) is 0. The smallest absolute Gasteiger partial charge is 0.337 e. The van der Waals surface area contributed by atoms with E-state index in [0.717, 1.165) is 11.8 Å². The lowest BCUT2D eigenvalue weighted by atomic mass is 10.1. The van der Waals surface area contributed by atoms with Crippen molar-refractivity contribution in [3.05, 3.63) is 17.8 Å². The summed E-state index contributed by atoms with van der Waals surface area (Å²) in [6, 6.07) is 2.00. The van der Waals surface area contributed by atoms with E-state index in [1.807, 2.05) is 0 Å². The predicted octanol–water partition coefficient (Wildman–Crippen LogP) is 1.96. The van der Waals surface area contributed by atoms with Gasteiger partial charge in [0.1, 0.15) is 5.82 Å². The average Bonchev–Trinajstić information content (AvgIpc) is 3.20. The summed E-state index contributed by atoms with van der Waals surface area (Å²) in [6.07, 6.45) is 6.51. The Labute approximate surface area is 105 Å². The highest BCUT2D eigenvalue weighted by Gasteiger charge is 2.41. The molecule has 0 amide bonds. The number of pyridine rings is 1. The Bertz CT molecular complexity index is 469. The number of aromatic nitrogens is 1. The van der Waals surface area contributed by atoms with E-state index >= 15 is 0 Å². The number of rotatable bonds is 5. The third kappa shape index (κ3) is 2.25. The molecule has 0 aromatic carbocycles. The van der Waals surface area contributed by atoms with Crippen molar-refractivity contribution in [3.8, 4) is 0 Å². The van der Waals surface area contributed by atoms with Crippen molar-refractivity contribution < 1.29 is 9.90 Å². The second kappa shape index (κ2) is 4.15. The first-order chi connectivity index (χ1) is 8.65. The van der Waals surface area contributed by atoms with Crippen LogP contribution in [0, 0.1) is 11.8 Å². The Balaban J connectivity index is 1.78. The first-order valence-electron chi connectivity index (χ1n) is 6.40. The maximum atomic E-state index is 11.0. The van der Waals surface area contributed by atoms with Crippen LogP contribution in [0.2, 0.25) is 0 Å². The van der Waals surface area contributed by atoms with Gasteiger partial charge < -0.3 is 16.2 Å². The molecule has 5 nitrogen and oxygen atoms in total. The fourth-order valence-corrected chi connectivity index (χ4v) is 2.43. The number of nitrogen functional groups attached to an aromatic ring is 1. The quantitative estimate of drug-likeness (QED) is 0.740. The molecular weight excluding hydrogens is 230 g/mol. The summed E-state index contributed by atoms with van der Waals surface area (Å²) in [4.78, 5) is 15.2. The van der Waals surface area contributed by atoms with Crippen molar-refractivity contribution in [2.75, 3.05) is 11.1 Å². The number of carboxylic acid groups (broad SMARTS) is 1. The summed E-state index contributed by atoms with van der Waals surface area (Å²) in [5, 5.41) is 12.4. The zero-order valence-corrected chi connectivity index (χ0v) is 10.1. The van der Waals surface area contributed by atoms with Gasteiger partial charge in [-0.1, -0.05) is 0 Å². The molecule has 2 aliphatic rings. The van der Waals surface area contributed by atoms with Gasteiger partial charge >= 0.3 is 5.97 Å². The van der Waals surface area contributed by atoms with Crippen molar-refractivity contribution in [2.24, 2.45) is 11.8 Å².